The molecule has 1 saturated heterocycles. The summed E-state index contributed by atoms with van der Waals surface area (Å²) in [5.41, 5.74) is 5.55. The van der Waals surface area contributed by atoms with Crippen LogP contribution in [-0.4, -0.2) is 25.0 Å². The Labute approximate surface area is 73.3 Å². The maximum Gasteiger partial charge on any atom is 0.137 e. The molecule has 1 heterocycles. The molecule has 0 aromatic heterocycles. The second-order valence-electron chi connectivity index (χ2n) is 3.53. The second-order valence-corrected chi connectivity index (χ2v) is 3.53. The largest absolute Gasteiger partial charge is 0.381 e. The van der Waals surface area contributed by atoms with E-state index in [1.54, 1.807) is 0 Å². The lowest BCUT2D eigenvalue weighted by atomic mass is 9.92. The van der Waals surface area contributed by atoms with E-state index in [9.17, 15) is 4.79 Å². The Morgan fingerprint density at radius 1 is 1.58 bits per heavy atom. The number of rotatable bonds is 3. The summed E-state index contributed by atoms with van der Waals surface area (Å²) >= 11 is 0. The minimum atomic E-state index is 0.000319. The van der Waals surface area contributed by atoms with Crippen molar-refractivity contribution in [3.8, 4) is 0 Å². The molecular formula is C9H17NO2. The van der Waals surface area contributed by atoms with Gasteiger partial charge < -0.3 is 10.5 Å². The Morgan fingerprint density at radius 2 is 2.17 bits per heavy atom. The summed E-state index contributed by atoms with van der Waals surface area (Å²) in [5.74, 6) is 0.526. The predicted molar refractivity (Wildman–Crippen MR) is 46.8 cm³/mol. The third-order valence-electron chi connectivity index (χ3n) is 2.20. The molecule has 0 spiro atoms. The number of carbonyl (C=O) groups is 1. The molecule has 1 fully saturated rings. The van der Waals surface area contributed by atoms with Crippen molar-refractivity contribution in [1.82, 2.24) is 0 Å². The summed E-state index contributed by atoms with van der Waals surface area (Å²) in [5, 5.41) is 0. The van der Waals surface area contributed by atoms with Crippen molar-refractivity contribution in [2.24, 2.45) is 11.7 Å². The van der Waals surface area contributed by atoms with Gasteiger partial charge in [-0.3, -0.25) is 4.79 Å². The van der Waals surface area contributed by atoms with Gasteiger partial charge in [0, 0.05) is 31.6 Å². The van der Waals surface area contributed by atoms with Crippen molar-refractivity contribution < 1.29 is 9.53 Å². The highest BCUT2D eigenvalue weighted by Crippen LogP contribution is 2.17. The third-order valence-corrected chi connectivity index (χ3v) is 2.20. The molecule has 0 radical (unpaired) electrons. The van der Waals surface area contributed by atoms with Crippen molar-refractivity contribution in [2.75, 3.05) is 13.2 Å². The fourth-order valence-electron chi connectivity index (χ4n) is 1.50. The highest BCUT2D eigenvalue weighted by molar-refractivity contribution is 5.81. The van der Waals surface area contributed by atoms with Gasteiger partial charge in [0.15, 0.2) is 0 Å². The van der Waals surface area contributed by atoms with E-state index >= 15 is 0 Å². The standard InChI is InChI=1S/C9H17NO2/c1-7(10)6-9(11)8-2-4-12-5-3-8/h7-8H,2-6,10H2,1H3. The first kappa shape index (κ1) is 9.68. The van der Waals surface area contributed by atoms with Crippen LogP contribution in [0.25, 0.3) is 0 Å². The van der Waals surface area contributed by atoms with Crippen molar-refractivity contribution >= 4 is 5.78 Å². The molecule has 1 atom stereocenters. The van der Waals surface area contributed by atoms with Crippen LogP contribution in [0, 0.1) is 5.92 Å². The van der Waals surface area contributed by atoms with Crippen LogP contribution in [0.1, 0.15) is 26.2 Å². The van der Waals surface area contributed by atoms with Crippen molar-refractivity contribution in [3.05, 3.63) is 0 Å². The van der Waals surface area contributed by atoms with Crippen LogP contribution in [0.4, 0.5) is 0 Å². The van der Waals surface area contributed by atoms with E-state index in [1.807, 2.05) is 6.92 Å². The lowest BCUT2D eigenvalue weighted by molar-refractivity contribution is -0.125. The average molecular weight is 171 g/mol. The second kappa shape index (κ2) is 4.58. The van der Waals surface area contributed by atoms with Gasteiger partial charge in [-0.2, -0.15) is 0 Å². The first-order valence-electron chi connectivity index (χ1n) is 4.56. The van der Waals surface area contributed by atoms with Crippen LogP contribution < -0.4 is 5.73 Å². The Kier molecular flexibility index (Phi) is 3.69. The molecule has 3 nitrogen and oxygen atoms in total. The van der Waals surface area contributed by atoms with Gasteiger partial charge in [-0.1, -0.05) is 0 Å². The molecule has 1 aliphatic rings. The van der Waals surface area contributed by atoms with Gasteiger partial charge in [0.25, 0.3) is 0 Å². The lowest BCUT2D eigenvalue weighted by Crippen LogP contribution is -2.28. The van der Waals surface area contributed by atoms with E-state index in [-0.39, 0.29) is 12.0 Å². The number of hydrogen-bond donors (Lipinski definition) is 1. The lowest BCUT2D eigenvalue weighted by Gasteiger charge is -2.21. The molecule has 1 unspecified atom stereocenters. The maximum atomic E-state index is 11.5. The highest BCUT2D eigenvalue weighted by atomic mass is 16.5. The Hall–Kier alpha value is -0.410. The molecule has 0 amide bonds. The van der Waals surface area contributed by atoms with E-state index in [1.165, 1.54) is 0 Å². The molecule has 0 saturated carbocycles. The molecule has 70 valence electrons. The van der Waals surface area contributed by atoms with Gasteiger partial charge in [-0.25, -0.2) is 0 Å². The summed E-state index contributed by atoms with van der Waals surface area (Å²) in [6, 6.07) is 0.000319. The van der Waals surface area contributed by atoms with E-state index in [0.29, 0.717) is 12.2 Å². The predicted octanol–water partition coefficient (Wildman–Crippen LogP) is 0.719. The minimum absolute atomic E-state index is 0.000319. The van der Waals surface area contributed by atoms with Gasteiger partial charge >= 0.3 is 0 Å². The molecule has 2 N–H and O–H groups in total. The van der Waals surface area contributed by atoms with Gasteiger partial charge in [0.2, 0.25) is 0 Å². The number of ether oxygens (including phenoxy) is 1. The Balaban J connectivity index is 2.30. The molecule has 0 bridgehead atoms. The van der Waals surface area contributed by atoms with E-state index in [2.05, 4.69) is 0 Å². The Morgan fingerprint density at radius 3 is 2.67 bits per heavy atom. The zero-order chi connectivity index (χ0) is 8.97. The number of carbonyl (C=O) groups excluding carboxylic acids is 1. The molecule has 3 heteroatoms. The molecule has 0 aromatic rings. The zero-order valence-corrected chi connectivity index (χ0v) is 7.58. The smallest absolute Gasteiger partial charge is 0.137 e. The summed E-state index contributed by atoms with van der Waals surface area (Å²) in [6.07, 6.45) is 2.28. The van der Waals surface area contributed by atoms with Gasteiger partial charge in [0.05, 0.1) is 0 Å². The van der Waals surface area contributed by atoms with Crippen LogP contribution in [0.5, 0.6) is 0 Å². The van der Waals surface area contributed by atoms with Gasteiger partial charge in [-0.05, 0) is 19.8 Å². The van der Waals surface area contributed by atoms with Crippen molar-refractivity contribution in [2.45, 2.75) is 32.2 Å². The Bertz CT molecular complexity index is 151. The molecule has 1 aliphatic heterocycles. The summed E-state index contributed by atoms with van der Waals surface area (Å²) < 4.78 is 5.17. The average Bonchev–Trinajstić information content (AvgIpc) is 2.05. The zero-order valence-electron chi connectivity index (χ0n) is 7.58. The molecule has 0 aliphatic carbocycles. The van der Waals surface area contributed by atoms with E-state index in [0.717, 1.165) is 26.1 Å². The number of nitrogens with two attached hydrogens (primary N) is 1. The normalized spacial score (nSPS) is 22.2. The number of ketones is 1. The summed E-state index contributed by atoms with van der Waals surface area (Å²) in [7, 11) is 0. The molecule has 0 aromatic carbocycles. The summed E-state index contributed by atoms with van der Waals surface area (Å²) in [4.78, 5) is 11.5. The van der Waals surface area contributed by atoms with E-state index in [4.69, 9.17) is 10.5 Å². The first-order chi connectivity index (χ1) is 5.70. The van der Waals surface area contributed by atoms with Gasteiger partial charge in [-0.15, -0.1) is 0 Å². The maximum absolute atomic E-state index is 11.5. The molecule has 1 rings (SSSR count). The quantitative estimate of drug-likeness (QED) is 0.680. The SMILES string of the molecule is CC(N)CC(=O)C1CCOCC1. The van der Waals surface area contributed by atoms with Crippen LogP contribution in [-0.2, 0) is 9.53 Å². The van der Waals surface area contributed by atoms with Crippen molar-refractivity contribution in [3.63, 3.8) is 0 Å². The van der Waals surface area contributed by atoms with Crippen molar-refractivity contribution in [1.29, 1.82) is 0 Å². The topological polar surface area (TPSA) is 52.3 Å². The third kappa shape index (κ3) is 2.91. The molecular weight excluding hydrogens is 154 g/mol. The van der Waals surface area contributed by atoms with E-state index < -0.39 is 0 Å². The first-order valence-corrected chi connectivity index (χ1v) is 4.56. The highest BCUT2D eigenvalue weighted by Gasteiger charge is 2.21. The fraction of sp³-hybridized carbons (Fsp3) is 0.889. The van der Waals surface area contributed by atoms with Crippen LogP contribution in [0.3, 0.4) is 0 Å². The molecule has 12 heavy (non-hydrogen) atoms. The van der Waals surface area contributed by atoms with Gasteiger partial charge in [0.1, 0.15) is 5.78 Å². The van der Waals surface area contributed by atoms with Crippen LogP contribution in [0.15, 0.2) is 0 Å². The number of Topliss-reactive ketones (excluding diaryl/α,β-unsaturated/α-hetero) is 1. The fourth-order valence-corrected chi connectivity index (χ4v) is 1.50. The number of hydrogen-bond acceptors (Lipinski definition) is 3. The monoisotopic (exact) mass is 171 g/mol. The van der Waals surface area contributed by atoms with Crippen LogP contribution >= 0.6 is 0 Å². The van der Waals surface area contributed by atoms with Crippen LogP contribution in [0.2, 0.25) is 0 Å². The summed E-state index contributed by atoms with van der Waals surface area (Å²) in [6.45, 7) is 3.34. The minimum Gasteiger partial charge on any atom is -0.381 e.